The predicted molar refractivity (Wildman–Crippen MR) is 97.2 cm³/mol. The minimum atomic E-state index is -0.128. The molecule has 3 aromatic rings. The number of benzene rings is 3. The Kier molecular flexibility index (Phi) is 4.80. The van der Waals surface area contributed by atoms with E-state index in [1.165, 1.54) is 10.8 Å². The molecule has 0 radical (unpaired) electrons. The van der Waals surface area contributed by atoms with Gasteiger partial charge in [-0.2, -0.15) is 0 Å². The molecule has 3 rings (SSSR count). The number of fused-ring (bicyclic) bond motifs is 1. The maximum Gasteiger partial charge on any atom is 0.258 e. The molecule has 3 aromatic carbocycles. The lowest BCUT2D eigenvalue weighted by Gasteiger charge is -2.15. The van der Waals surface area contributed by atoms with Crippen LogP contribution < -0.4 is 10.1 Å². The van der Waals surface area contributed by atoms with Gasteiger partial charge in [-0.25, -0.2) is 0 Å². The second kappa shape index (κ2) is 7.18. The maximum atomic E-state index is 12.1. The monoisotopic (exact) mass is 319 g/mol. The van der Waals surface area contributed by atoms with Gasteiger partial charge in [0, 0.05) is 0 Å². The Morgan fingerprint density at radius 3 is 2.58 bits per heavy atom. The second-order valence-electron chi connectivity index (χ2n) is 6.00. The van der Waals surface area contributed by atoms with Gasteiger partial charge < -0.3 is 10.1 Å². The van der Waals surface area contributed by atoms with Crippen molar-refractivity contribution in [3.05, 3.63) is 77.9 Å². The minimum absolute atomic E-state index is 0.0153. The van der Waals surface area contributed by atoms with Gasteiger partial charge >= 0.3 is 0 Å². The first kappa shape index (κ1) is 16.1. The second-order valence-corrected chi connectivity index (χ2v) is 6.00. The molecule has 0 aliphatic heterocycles. The zero-order valence-electron chi connectivity index (χ0n) is 14.0. The lowest BCUT2D eigenvalue weighted by Crippen LogP contribution is -2.31. The summed E-state index contributed by atoms with van der Waals surface area (Å²) in [6.07, 6.45) is 0. The number of carbonyl (C=O) groups is 1. The highest BCUT2D eigenvalue weighted by atomic mass is 16.5. The molecular weight excluding hydrogens is 298 g/mol. The van der Waals surface area contributed by atoms with Crippen LogP contribution in [0.2, 0.25) is 0 Å². The van der Waals surface area contributed by atoms with E-state index in [1.54, 1.807) is 0 Å². The predicted octanol–water partition coefficient (Wildman–Crippen LogP) is 4.40. The number of carbonyl (C=O) groups excluding carboxylic acids is 1. The normalized spacial score (nSPS) is 11.9. The molecule has 1 unspecified atom stereocenters. The van der Waals surface area contributed by atoms with Crippen LogP contribution in [-0.4, -0.2) is 12.5 Å². The number of amides is 1. The molecule has 24 heavy (non-hydrogen) atoms. The summed E-state index contributed by atoms with van der Waals surface area (Å²) in [6.45, 7) is 3.99. The molecule has 0 bridgehead atoms. The van der Waals surface area contributed by atoms with Crippen molar-refractivity contribution in [2.45, 2.75) is 19.9 Å². The number of ether oxygens (including phenoxy) is 1. The summed E-state index contributed by atoms with van der Waals surface area (Å²) in [7, 11) is 0. The molecule has 0 aliphatic carbocycles. The van der Waals surface area contributed by atoms with E-state index >= 15 is 0 Å². The summed E-state index contributed by atoms with van der Waals surface area (Å²) in [5.41, 5.74) is 2.19. The average molecular weight is 319 g/mol. The van der Waals surface area contributed by atoms with Crippen LogP contribution in [0.3, 0.4) is 0 Å². The molecule has 0 spiro atoms. The minimum Gasteiger partial charge on any atom is -0.484 e. The van der Waals surface area contributed by atoms with Crippen LogP contribution in [0, 0.1) is 6.92 Å². The molecule has 0 fully saturated rings. The summed E-state index contributed by atoms with van der Waals surface area (Å²) in [5, 5.41) is 5.35. The molecule has 122 valence electrons. The van der Waals surface area contributed by atoms with Crippen molar-refractivity contribution in [2.75, 3.05) is 6.61 Å². The molecule has 0 saturated heterocycles. The molecule has 0 aromatic heterocycles. The van der Waals surface area contributed by atoms with Gasteiger partial charge in [0.05, 0.1) is 6.04 Å². The molecule has 1 N–H and O–H groups in total. The van der Waals surface area contributed by atoms with E-state index in [4.69, 9.17) is 4.74 Å². The Hall–Kier alpha value is -2.81. The highest BCUT2D eigenvalue weighted by Gasteiger charge is 2.10. The third kappa shape index (κ3) is 3.93. The summed E-state index contributed by atoms with van der Waals surface area (Å²) in [6, 6.07) is 22.1. The topological polar surface area (TPSA) is 38.3 Å². The first-order valence-electron chi connectivity index (χ1n) is 8.09. The van der Waals surface area contributed by atoms with Crippen molar-refractivity contribution in [1.29, 1.82) is 0 Å². The number of hydrogen-bond acceptors (Lipinski definition) is 2. The lowest BCUT2D eigenvalue weighted by molar-refractivity contribution is -0.123. The van der Waals surface area contributed by atoms with E-state index in [2.05, 4.69) is 35.6 Å². The van der Waals surface area contributed by atoms with E-state index in [0.717, 1.165) is 11.1 Å². The van der Waals surface area contributed by atoms with Crippen molar-refractivity contribution in [3.8, 4) is 5.75 Å². The van der Waals surface area contributed by atoms with E-state index in [-0.39, 0.29) is 18.6 Å². The van der Waals surface area contributed by atoms with Crippen LogP contribution >= 0.6 is 0 Å². The van der Waals surface area contributed by atoms with Gasteiger partial charge in [-0.15, -0.1) is 0 Å². The van der Waals surface area contributed by atoms with E-state index in [1.807, 2.05) is 50.2 Å². The van der Waals surface area contributed by atoms with Crippen LogP contribution in [0.1, 0.15) is 24.1 Å². The smallest absolute Gasteiger partial charge is 0.258 e. The average Bonchev–Trinajstić information content (AvgIpc) is 2.59. The Labute approximate surface area is 142 Å². The molecule has 1 atom stereocenters. The summed E-state index contributed by atoms with van der Waals surface area (Å²) < 4.78 is 5.54. The fraction of sp³-hybridized carbons (Fsp3) is 0.190. The molecule has 3 heteroatoms. The van der Waals surface area contributed by atoms with Crippen molar-refractivity contribution in [2.24, 2.45) is 0 Å². The first-order valence-corrected chi connectivity index (χ1v) is 8.09. The Bertz CT molecular complexity index is 857. The Morgan fingerprint density at radius 2 is 1.79 bits per heavy atom. The van der Waals surface area contributed by atoms with E-state index in [0.29, 0.717) is 5.75 Å². The third-order valence-corrected chi connectivity index (χ3v) is 4.01. The van der Waals surface area contributed by atoms with E-state index in [9.17, 15) is 4.79 Å². The quantitative estimate of drug-likeness (QED) is 0.757. The largest absolute Gasteiger partial charge is 0.484 e. The van der Waals surface area contributed by atoms with Gasteiger partial charge in [0.1, 0.15) is 5.75 Å². The molecule has 0 saturated carbocycles. The van der Waals surface area contributed by atoms with Gasteiger partial charge in [-0.3, -0.25) is 4.79 Å². The van der Waals surface area contributed by atoms with Crippen molar-refractivity contribution in [3.63, 3.8) is 0 Å². The molecule has 3 nitrogen and oxygen atoms in total. The van der Waals surface area contributed by atoms with Crippen LogP contribution in [0.4, 0.5) is 0 Å². The fourth-order valence-electron chi connectivity index (χ4n) is 2.70. The highest BCUT2D eigenvalue weighted by molar-refractivity contribution is 5.83. The number of aryl methyl sites for hydroxylation is 1. The van der Waals surface area contributed by atoms with Crippen LogP contribution in [0.5, 0.6) is 5.75 Å². The van der Waals surface area contributed by atoms with Gasteiger partial charge in [0.25, 0.3) is 5.91 Å². The summed E-state index contributed by atoms with van der Waals surface area (Å²) in [4.78, 5) is 12.1. The molecule has 1 amide bonds. The lowest BCUT2D eigenvalue weighted by atomic mass is 10.0. The number of rotatable bonds is 5. The number of nitrogens with one attached hydrogen (secondary N) is 1. The third-order valence-electron chi connectivity index (χ3n) is 4.01. The van der Waals surface area contributed by atoms with Crippen molar-refractivity contribution >= 4 is 16.7 Å². The van der Waals surface area contributed by atoms with Gasteiger partial charge in [0.2, 0.25) is 0 Å². The van der Waals surface area contributed by atoms with Gasteiger partial charge in [0.15, 0.2) is 6.61 Å². The Morgan fingerprint density at radius 1 is 1.00 bits per heavy atom. The van der Waals surface area contributed by atoms with Gasteiger partial charge in [-0.05, 0) is 53.9 Å². The van der Waals surface area contributed by atoms with Crippen molar-refractivity contribution in [1.82, 2.24) is 5.32 Å². The zero-order chi connectivity index (χ0) is 16.9. The summed E-state index contributed by atoms with van der Waals surface area (Å²) >= 11 is 0. The highest BCUT2D eigenvalue weighted by Crippen LogP contribution is 2.20. The van der Waals surface area contributed by atoms with Gasteiger partial charge in [-0.1, -0.05) is 48.5 Å². The van der Waals surface area contributed by atoms with E-state index < -0.39 is 0 Å². The van der Waals surface area contributed by atoms with Crippen molar-refractivity contribution < 1.29 is 9.53 Å². The number of hydrogen-bond donors (Lipinski definition) is 1. The molecule has 0 aliphatic rings. The molecular formula is C21H21NO2. The first-order chi connectivity index (χ1) is 11.6. The fourth-order valence-corrected chi connectivity index (χ4v) is 2.70. The standard InChI is InChI=1S/C21H21NO2/c1-15-6-5-9-20(12-15)24-14-21(23)22-16(2)18-11-10-17-7-3-4-8-19(17)13-18/h3-13,16H,14H2,1-2H3,(H,22,23). The van der Waals surface area contributed by atoms with Crippen LogP contribution in [-0.2, 0) is 4.79 Å². The molecule has 0 heterocycles. The van der Waals surface area contributed by atoms with Crippen LogP contribution in [0.25, 0.3) is 10.8 Å². The Balaban J connectivity index is 1.60. The van der Waals surface area contributed by atoms with Crippen LogP contribution in [0.15, 0.2) is 66.7 Å². The maximum absolute atomic E-state index is 12.1. The summed E-state index contributed by atoms with van der Waals surface area (Å²) in [5.74, 6) is 0.584. The SMILES string of the molecule is Cc1cccc(OCC(=O)NC(C)c2ccc3ccccc3c2)c1. The zero-order valence-corrected chi connectivity index (χ0v) is 14.0.